The zero-order valence-corrected chi connectivity index (χ0v) is 8.34. The van der Waals surface area contributed by atoms with E-state index in [0.29, 0.717) is 12.0 Å². The summed E-state index contributed by atoms with van der Waals surface area (Å²) < 4.78 is 25.9. The Bertz CT molecular complexity index is 361. The Morgan fingerprint density at radius 2 is 1.87 bits per heavy atom. The number of aryl methyl sites for hydroxylation is 1. The van der Waals surface area contributed by atoms with Gasteiger partial charge in [0.1, 0.15) is 0 Å². The summed E-state index contributed by atoms with van der Waals surface area (Å²) in [7, 11) is 0. The molecule has 0 amide bonds. The lowest BCUT2D eigenvalue weighted by Crippen LogP contribution is -2.31. The van der Waals surface area contributed by atoms with Crippen LogP contribution >= 0.6 is 0 Å². The van der Waals surface area contributed by atoms with Crippen molar-refractivity contribution in [1.29, 1.82) is 0 Å². The first-order valence-corrected chi connectivity index (χ1v) is 4.65. The molecular formula is C11H12F2O2. The van der Waals surface area contributed by atoms with Crippen molar-refractivity contribution in [2.75, 3.05) is 0 Å². The van der Waals surface area contributed by atoms with Crippen LogP contribution in [0.5, 0.6) is 0 Å². The molecule has 0 radical (unpaired) electrons. The molecule has 82 valence electrons. The van der Waals surface area contributed by atoms with E-state index in [-0.39, 0.29) is 0 Å². The molecule has 0 fully saturated rings. The molecule has 0 unspecified atom stereocenters. The highest BCUT2D eigenvalue weighted by Gasteiger charge is 2.39. The predicted molar refractivity (Wildman–Crippen MR) is 52.1 cm³/mol. The van der Waals surface area contributed by atoms with Crippen molar-refractivity contribution in [2.45, 2.75) is 25.7 Å². The van der Waals surface area contributed by atoms with Gasteiger partial charge in [-0.15, -0.1) is 0 Å². The van der Waals surface area contributed by atoms with Gasteiger partial charge in [0, 0.05) is 6.42 Å². The molecule has 0 aliphatic carbocycles. The van der Waals surface area contributed by atoms with Crippen molar-refractivity contribution < 1.29 is 18.7 Å². The second kappa shape index (κ2) is 4.38. The highest BCUT2D eigenvalue weighted by molar-refractivity contribution is 5.75. The average Bonchev–Trinajstić information content (AvgIpc) is 2.18. The lowest BCUT2D eigenvalue weighted by atomic mass is 9.99. The molecule has 0 spiro atoms. The maximum Gasteiger partial charge on any atom is 0.374 e. The lowest BCUT2D eigenvalue weighted by molar-refractivity contribution is -0.164. The fourth-order valence-electron chi connectivity index (χ4n) is 1.39. The van der Waals surface area contributed by atoms with Gasteiger partial charge in [-0.2, -0.15) is 8.78 Å². The zero-order chi connectivity index (χ0) is 11.5. The lowest BCUT2D eigenvalue weighted by Gasteiger charge is -2.13. The average molecular weight is 214 g/mol. The Kier molecular flexibility index (Phi) is 3.39. The summed E-state index contributed by atoms with van der Waals surface area (Å²) in [5, 5.41) is 8.32. The minimum Gasteiger partial charge on any atom is -0.477 e. The van der Waals surface area contributed by atoms with Crippen molar-refractivity contribution in [1.82, 2.24) is 0 Å². The number of halogens is 2. The van der Waals surface area contributed by atoms with Gasteiger partial charge in [-0.05, 0) is 17.5 Å². The summed E-state index contributed by atoms with van der Waals surface area (Å²) in [6.45, 7) is 1.84. The molecule has 0 atom stereocenters. The van der Waals surface area contributed by atoms with E-state index < -0.39 is 18.3 Å². The van der Waals surface area contributed by atoms with Crippen molar-refractivity contribution in [3.63, 3.8) is 0 Å². The van der Waals surface area contributed by atoms with Crippen LogP contribution in [-0.4, -0.2) is 17.0 Å². The van der Waals surface area contributed by atoms with Gasteiger partial charge in [-0.1, -0.05) is 31.2 Å². The van der Waals surface area contributed by atoms with Crippen molar-refractivity contribution in [2.24, 2.45) is 0 Å². The van der Waals surface area contributed by atoms with Crippen LogP contribution in [-0.2, 0) is 17.6 Å². The molecule has 1 N–H and O–H groups in total. The third-order valence-corrected chi connectivity index (χ3v) is 2.22. The molecule has 0 saturated heterocycles. The highest BCUT2D eigenvalue weighted by atomic mass is 19.3. The summed E-state index contributed by atoms with van der Waals surface area (Å²) in [6, 6.07) is 6.65. The van der Waals surface area contributed by atoms with Crippen molar-refractivity contribution in [3.8, 4) is 0 Å². The number of alkyl halides is 2. The van der Waals surface area contributed by atoms with Crippen LogP contribution in [0.2, 0.25) is 0 Å². The molecule has 0 bridgehead atoms. The van der Waals surface area contributed by atoms with Crippen LogP contribution in [0.15, 0.2) is 24.3 Å². The maximum absolute atomic E-state index is 12.9. The fraction of sp³-hybridized carbons (Fsp3) is 0.364. The molecule has 0 aromatic heterocycles. The third-order valence-electron chi connectivity index (χ3n) is 2.22. The van der Waals surface area contributed by atoms with Gasteiger partial charge in [-0.25, -0.2) is 4.79 Å². The topological polar surface area (TPSA) is 37.3 Å². The largest absolute Gasteiger partial charge is 0.477 e. The van der Waals surface area contributed by atoms with Crippen LogP contribution in [0.4, 0.5) is 8.78 Å². The first kappa shape index (κ1) is 11.6. The molecule has 0 heterocycles. The smallest absolute Gasteiger partial charge is 0.374 e. The summed E-state index contributed by atoms with van der Waals surface area (Å²) >= 11 is 0. The normalized spacial score (nSPS) is 11.4. The number of carbonyl (C=O) groups is 1. The number of benzene rings is 1. The van der Waals surface area contributed by atoms with Gasteiger partial charge in [-0.3, -0.25) is 0 Å². The predicted octanol–water partition coefficient (Wildman–Crippen LogP) is 2.51. The molecule has 1 aromatic rings. The zero-order valence-electron chi connectivity index (χ0n) is 8.34. The SMILES string of the molecule is CCc1ccccc1CC(F)(F)C(=O)O. The van der Waals surface area contributed by atoms with Gasteiger partial charge in [0.15, 0.2) is 0 Å². The number of hydrogen-bond acceptors (Lipinski definition) is 1. The van der Waals surface area contributed by atoms with E-state index in [0.717, 1.165) is 5.56 Å². The van der Waals surface area contributed by atoms with Crippen LogP contribution in [0, 0.1) is 0 Å². The summed E-state index contributed by atoms with van der Waals surface area (Å²) in [6.07, 6.45) is -0.127. The maximum atomic E-state index is 12.9. The molecular weight excluding hydrogens is 202 g/mol. The minimum atomic E-state index is -3.69. The van der Waals surface area contributed by atoms with Gasteiger partial charge >= 0.3 is 11.9 Å². The van der Waals surface area contributed by atoms with Crippen LogP contribution < -0.4 is 0 Å². The van der Waals surface area contributed by atoms with E-state index >= 15 is 0 Å². The highest BCUT2D eigenvalue weighted by Crippen LogP contribution is 2.22. The Morgan fingerprint density at radius 1 is 1.33 bits per heavy atom. The second-order valence-corrected chi connectivity index (χ2v) is 3.31. The Balaban J connectivity index is 2.94. The van der Waals surface area contributed by atoms with E-state index in [1.807, 2.05) is 6.92 Å². The number of aliphatic carboxylic acids is 1. The monoisotopic (exact) mass is 214 g/mol. The van der Waals surface area contributed by atoms with E-state index in [9.17, 15) is 13.6 Å². The van der Waals surface area contributed by atoms with Gasteiger partial charge < -0.3 is 5.11 Å². The van der Waals surface area contributed by atoms with E-state index in [2.05, 4.69) is 0 Å². The summed E-state index contributed by atoms with van der Waals surface area (Å²) in [5.41, 5.74) is 1.16. The van der Waals surface area contributed by atoms with Gasteiger partial charge in [0.05, 0.1) is 0 Å². The van der Waals surface area contributed by atoms with E-state index in [1.54, 1.807) is 18.2 Å². The summed E-state index contributed by atoms with van der Waals surface area (Å²) in [4.78, 5) is 10.3. The Hall–Kier alpha value is -1.45. The number of carboxylic acids is 1. The van der Waals surface area contributed by atoms with Crippen molar-refractivity contribution in [3.05, 3.63) is 35.4 Å². The van der Waals surface area contributed by atoms with Crippen LogP contribution in [0.3, 0.4) is 0 Å². The molecule has 15 heavy (non-hydrogen) atoms. The number of rotatable bonds is 4. The van der Waals surface area contributed by atoms with Gasteiger partial charge in [0.25, 0.3) is 0 Å². The second-order valence-electron chi connectivity index (χ2n) is 3.31. The third kappa shape index (κ3) is 2.75. The van der Waals surface area contributed by atoms with E-state index in [1.165, 1.54) is 6.07 Å². The first-order chi connectivity index (χ1) is 6.97. The molecule has 1 rings (SSSR count). The van der Waals surface area contributed by atoms with Gasteiger partial charge in [0.2, 0.25) is 0 Å². The van der Waals surface area contributed by atoms with Crippen LogP contribution in [0.1, 0.15) is 18.1 Å². The summed E-state index contributed by atoms with van der Waals surface area (Å²) in [5.74, 6) is -5.76. The minimum absolute atomic E-state index is 0.396. The number of hydrogen-bond donors (Lipinski definition) is 1. The number of carboxylic acid groups (broad SMARTS) is 1. The Labute approximate surface area is 86.5 Å². The molecule has 4 heteroatoms. The Morgan fingerprint density at radius 3 is 2.33 bits per heavy atom. The molecule has 0 saturated carbocycles. The first-order valence-electron chi connectivity index (χ1n) is 4.65. The van der Waals surface area contributed by atoms with E-state index in [4.69, 9.17) is 5.11 Å². The quantitative estimate of drug-likeness (QED) is 0.836. The molecule has 0 aliphatic rings. The molecule has 2 nitrogen and oxygen atoms in total. The molecule has 1 aromatic carbocycles. The molecule has 0 aliphatic heterocycles. The van der Waals surface area contributed by atoms with Crippen LogP contribution in [0.25, 0.3) is 0 Å². The fourth-order valence-corrected chi connectivity index (χ4v) is 1.39. The van der Waals surface area contributed by atoms with Crippen molar-refractivity contribution >= 4 is 5.97 Å². The standard InChI is InChI=1S/C11H12F2O2/c1-2-8-5-3-4-6-9(8)7-11(12,13)10(14)15/h3-6H,2,7H2,1H3,(H,14,15).